The molecule has 0 unspecified atom stereocenters. The number of thiophene rings is 1. The summed E-state index contributed by atoms with van der Waals surface area (Å²) in [6.07, 6.45) is 1.10. The number of rotatable bonds is 9. The Morgan fingerprint density at radius 2 is 1.93 bits per heavy atom. The highest BCUT2D eigenvalue weighted by atomic mass is 35.5. The van der Waals surface area contributed by atoms with Crippen molar-refractivity contribution in [2.45, 2.75) is 45.3 Å². The average Bonchev–Trinajstić information content (AvgIpc) is 3.70. The Morgan fingerprint density at radius 3 is 2.59 bits per heavy atom. The van der Waals surface area contributed by atoms with E-state index in [1.54, 1.807) is 17.0 Å². The van der Waals surface area contributed by atoms with Gasteiger partial charge >= 0.3 is 6.09 Å². The first-order valence-electron chi connectivity index (χ1n) is 13.9. The molecule has 5 heterocycles. The van der Waals surface area contributed by atoms with Crippen molar-refractivity contribution in [2.75, 3.05) is 52.4 Å². The van der Waals surface area contributed by atoms with Gasteiger partial charge in [0.15, 0.2) is 11.5 Å². The van der Waals surface area contributed by atoms with Crippen LogP contribution in [0.2, 0.25) is 4.34 Å². The van der Waals surface area contributed by atoms with E-state index in [1.165, 1.54) is 22.1 Å². The number of halogens is 1. The molecule has 5 rings (SSSR count). The van der Waals surface area contributed by atoms with E-state index in [1.807, 2.05) is 6.07 Å². The highest BCUT2D eigenvalue weighted by Crippen LogP contribution is 2.31. The Hall–Kier alpha value is -2.97. The number of piperidine rings is 1. The number of nitrogens with one attached hydrogen (secondary N) is 1. The van der Waals surface area contributed by atoms with Crippen molar-refractivity contribution in [3.8, 4) is 16.5 Å². The van der Waals surface area contributed by atoms with E-state index in [0.29, 0.717) is 54.6 Å². The van der Waals surface area contributed by atoms with Gasteiger partial charge in [0.2, 0.25) is 5.88 Å². The molecule has 222 valence electrons. The van der Waals surface area contributed by atoms with Crippen molar-refractivity contribution in [3.05, 3.63) is 40.0 Å². The number of ether oxygens (including phenoxy) is 1. The lowest BCUT2D eigenvalue weighted by molar-refractivity contribution is 0.0608. The predicted molar refractivity (Wildman–Crippen MR) is 154 cm³/mol. The summed E-state index contributed by atoms with van der Waals surface area (Å²) in [4.78, 5) is 33.3. The van der Waals surface area contributed by atoms with E-state index in [2.05, 4.69) is 39.2 Å². The number of carbonyl (C=O) groups excluding carboxylic acids is 2. The van der Waals surface area contributed by atoms with Crippen molar-refractivity contribution in [1.82, 2.24) is 35.0 Å². The molecule has 2 amide bonds. The number of carbonyl (C=O) groups is 2. The molecule has 2 fully saturated rings. The standard InChI is InChI=1S/C27H36ClN7O5S/c1-18(2)33-7-5-19(6-8-33)29-27(38)39-25-16-21(26(37)34-11-9-32(10-12-34)13-14-36)30-35(25)17-20-15-22(40-31-20)23-3-4-24(28)41-23/h3-4,15-16,18-19,36H,5-14,17H2,1-2H3,(H,29,38). The van der Waals surface area contributed by atoms with Crippen LogP contribution in [0.3, 0.4) is 0 Å². The third-order valence-electron chi connectivity index (χ3n) is 7.50. The molecule has 0 radical (unpaired) electrons. The molecule has 0 saturated carbocycles. The fraction of sp³-hybridized carbons (Fsp3) is 0.556. The molecule has 14 heteroatoms. The molecule has 0 bridgehead atoms. The van der Waals surface area contributed by atoms with Gasteiger partial charge in [0.25, 0.3) is 5.91 Å². The zero-order valence-corrected chi connectivity index (χ0v) is 24.9. The highest BCUT2D eigenvalue weighted by molar-refractivity contribution is 7.19. The molecule has 3 aromatic heterocycles. The molecule has 2 saturated heterocycles. The van der Waals surface area contributed by atoms with Gasteiger partial charge < -0.3 is 29.5 Å². The molecule has 2 aliphatic heterocycles. The van der Waals surface area contributed by atoms with E-state index in [0.717, 1.165) is 30.8 Å². The topological polar surface area (TPSA) is 129 Å². The third kappa shape index (κ3) is 7.46. The number of hydrogen-bond donors (Lipinski definition) is 2. The number of β-amino-alcohol motifs (C(OH)–C–C–N with tert-alkyl or cyclic N) is 1. The number of hydrogen-bond acceptors (Lipinski definition) is 10. The molecular weight excluding hydrogens is 570 g/mol. The predicted octanol–water partition coefficient (Wildman–Crippen LogP) is 3.01. The Kier molecular flexibility index (Phi) is 9.60. The van der Waals surface area contributed by atoms with Crippen LogP contribution in [0.4, 0.5) is 4.79 Å². The first-order chi connectivity index (χ1) is 19.8. The molecule has 2 N–H and O–H groups in total. The van der Waals surface area contributed by atoms with E-state index in [-0.39, 0.29) is 36.7 Å². The first kappa shape index (κ1) is 29.5. The van der Waals surface area contributed by atoms with Crippen LogP contribution in [0.1, 0.15) is 42.9 Å². The van der Waals surface area contributed by atoms with Gasteiger partial charge in [-0.25, -0.2) is 9.48 Å². The fourth-order valence-corrected chi connectivity index (χ4v) is 6.12. The zero-order chi connectivity index (χ0) is 28.9. The summed E-state index contributed by atoms with van der Waals surface area (Å²) < 4.78 is 13.3. The second kappa shape index (κ2) is 13.3. The first-order valence-corrected chi connectivity index (χ1v) is 15.1. The summed E-state index contributed by atoms with van der Waals surface area (Å²) in [5.74, 6) is 0.468. The van der Waals surface area contributed by atoms with E-state index in [4.69, 9.17) is 20.9 Å². The Morgan fingerprint density at radius 1 is 1.17 bits per heavy atom. The number of amides is 2. The lowest BCUT2D eigenvalue weighted by Crippen LogP contribution is -2.49. The maximum atomic E-state index is 13.3. The fourth-order valence-electron chi connectivity index (χ4n) is 5.13. The Labute approximate surface area is 247 Å². The summed E-state index contributed by atoms with van der Waals surface area (Å²) in [6, 6.07) is 7.41. The lowest BCUT2D eigenvalue weighted by Gasteiger charge is -2.34. The van der Waals surface area contributed by atoms with Crippen molar-refractivity contribution < 1.29 is 24.0 Å². The monoisotopic (exact) mass is 605 g/mol. The number of aromatic nitrogens is 3. The highest BCUT2D eigenvalue weighted by Gasteiger charge is 2.27. The minimum Gasteiger partial charge on any atom is -0.395 e. The van der Waals surface area contributed by atoms with Crippen LogP contribution in [0.5, 0.6) is 5.88 Å². The largest absolute Gasteiger partial charge is 0.414 e. The van der Waals surface area contributed by atoms with Gasteiger partial charge in [-0.3, -0.25) is 9.69 Å². The van der Waals surface area contributed by atoms with Crippen molar-refractivity contribution >= 4 is 34.9 Å². The maximum absolute atomic E-state index is 13.3. The van der Waals surface area contributed by atoms with Crippen LogP contribution < -0.4 is 10.1 Å². The minimum atomic E-state index is -0.583. The molecule has 0 aromatic carbocycles. The molecule has 2 aliphatic rings. The number of nitrogens with zero attached hydrogens (tertiary/aromatic N) is 6. The smallest absolute Gasteiger partial charge is 0.395 e. The summed E-state index contributed by atoms with van der Waals surface area (Å²) in [7, 11) is 0. The van der Waals surface area contributed by atoms with Crippen LogP contribution in [-0.4, -0.2) is 111 Å². The molecule has 0 aliphatic carbocycles. The van der Waals surface area contributed by atoms with Gasteiger partial charge in [-0.15, -0.1) is 11.3 Å². The summed E-state index contributed by atoms with van der Waals surface area (Å²) in [5.41, 5.74) is 0.734. The van der Waals surface area contributed by atoms with E-state index in [9.17, 15) is 14.7 Å². The second-order valence-corrected chi connectivity index (χ2v) is 12.3. The number of likely N-dealkylation sites (tertiary alicyclic amines) is 1. The Bertz CT molecular complexity index is 1330. The zero-order valence-electron chi connectivity index (χ0n) is 23.3. The normalized spacial score (nSPS) is 17.3. The second-order valence-electron chi connectivity index (χ2n) is 10.6. The van der Waals surface area contributed by atoms with Crippen LogP contribution in [-0.2, 0) is 6.54 Å². The molecule has 41 heavy (non-hydrogen) atoms. The number of piperazine rings is 1. The molecule has 0 spiro atoms. The van der Waals surface area contributed by atoms with Crippen LogP contribution in [0, 0.1) is 0 Å². The Balaban J connectivity index is 1.29. The summed E-state index contributed by atoms with van der Waals surface area (Å²) >= 11 is 7.44. The van der Waals surface area contributed by atoms with Gasteiger partial charge in [-0.1, -0.05) is 16.8 Å². The van der Waals surface area contributed by atoms with Gasteiger partial charge in [0, 0.05) is 70.0 Å². The van der Waals surface area contributed by atoms with E-state index < -0.39 is 6.09 Å². The number of aliphatic hydroxyl groups excluding tert-OH is 1. The van der Waals surface area contributed by atoms with Crippen LogP contribution in [0.15, 0.2) is 28.8 Å². The summed E-state index contributed by atoms with van der Waals surface area (Å²) in [6.45, 7) is 9.35. The summed E-state index contributed by atoms with van der Waals surface area (Å²) in [5, 5.41) is 20.8. The SMILES string of the molecule is CC(C)N1CCC(NC(=O)Oc2cc(C(=O)N3CCN(CCO)CC3)nn2Cc2cc(-c3ccc(Cl)s3)on2)CC1. The quantitative estimate of drug-likeness (QED) is 0.378. The number of aliphatic hydroxyl groups is 1. The molecule has 12 nitrogen and oxygen atoms in total. The third-order valence-corrected chi connectivity index (χ3v) is 8.75. The van der Waals surface area contributed by atoms with Crippen LogP contribution >= 0.6 is 22.9 Å². The van der Waals surface area contributed by atoms with Crippen molar-refractivity contribution in [2.24, 2.45) is 0 Å². The van der Waals surface area contributed by atoms with Gasteiger partial charge in [0.05, 0.1) is 22.4 Å². The molecule has 0 atom stereocenters. The molecule has 3 aromatic rings. The van der Waals surface area contributed by atoms with Crippen LogP contribution in [0.25, 0.3) is 10.6 Å². The minimum absolute atomic E-state index is 0.0147. The maximum Gasteiger partial charge on any atom is 0.414 e. The van der Waals surface area contributed by atoms with Gasteiger partial charge in [0.1, 0.15) is 5.69 Å². The lowest BCUT2D eigenvalue weighted by atomic mass is 10.0. The van der Waals surface area contributed by atoms with E-state index >= 15 is 0 Å². The van der Waals surface area contributed by atoms with Gasteiger partial charge in [-0.2, -0.15) is 5.10 Å². The van der Waals surface area contributed by atoms with Gasteiger partial charge in [-0.05, 0) is 38.8 Å². The molecular formula is C27H36ClN7O5S. The van der Waals surface area contributed by atoms with Crippen molar-refractivity contribution in [1.29, 1.82) is 0 Å². The average molecular weight is 606 g/mol. The van der Waals surface area contributed by atoms with Crippen molar-refractivity contribution in [3.63, 3.8) is 0 Å².